The summed E-state index contributed by atoms with van der Waals surface area (Å²) in [6, 6.07) is 13.2. The molecule has 0 aliphatic rings. The molecule has 1 amide bonds. The van der Waals surface area contributed by atoms with Crippen molar-refractivity contribution in [2.24, 2.45) is 0 Å². The van der Waals surface area contributed by atoms with Crippen molar-refractivity contribution >= 4 is 33.2 Å². The van der Waals surface area contributed by atoms with E-state index in [1.165, 1.54) is 12.1 Å². The Morgan fingerprint density at radius 3 is 2.42 bits per heavy atom. The quantitative estimate of drug-likeness (QED) is 0.853. The number of hydrogen-bond acceptors (Lipinski definition) is 3. The van der Waals surface area contributed by atoms with Crippen LogP contribution in [0.4, 0.5) is 5.69 Å². The molecule has 2 rings (SSSR count). The molecule has 0 heterocycles. The van der Waals surface area contributed by atoms with Crippen molar-refractivity contribution in [3.8, 4) is 0 Å². The molecule has 0 saturated heterocycles. The van der Waals surface area contributed by atoms with Crippen molar-refractivity contribution < 1.29 is 13.2 Å². The second-order valence-corrected chi connectivity index (χ2v) is 7.60. The monoisotopic (exact) mass is 366 g/mol. The zero-order valence-corrected chi connectivity index (χ0v) is 15.1. The number of sulfonamides is 1. The molecule has 0 atom stereocenters. The fourth-order valence-electron chi connectivity index (χ4n) is 2.14. The van der Waals surface area contributed by atoms with Gasteiger partial charge in [-0.3, -0.25) is 4.79 Å². The number of hydrogen-bond donors (Lipinski definition) is 1. The highest BCUT2D eigenvalue weighted by Gasteiger charge is 2.25. The Labute approximate surface area is 147 Å². The molecule has 0 spiro atoms. The number of aryl methyl sites for hydroxylation is 1. The zero-order valence-electron chi connectivity index (χ0n) is 13.5. The van der Waals surface area contributed by atoms with Crippen LogP contribution in [-0.2, 0) is 14.8 Å². The fraction of sp³-hybridized carbons (Fsp3) is 0.235. The lowest BCUT2D eigenvalue weighted by atomic mass is 10.2. The van der Waals surface area contributed by atoms with Gasteiger partial charge >= 0.3 is 0 Å². The Kier molecular flexibility index (Phi) is 5.99. The van der Waals surface area contributed by atoms with Crippen LogP contribution < -0.4 is 5.32 Å². The summed E-state index contributed by atoms with van der Waals surface area (Å²) in [5.74, 6) is -0.420. The first-order valence-electron chi connectivity index (χ1n) is 7.45. The molecule has 0 unspecified atom stereocenters. The smallest absolute Gasteiger partial charge is 0.243 e. The molecule has 0 aliphatic carbocycles. The molecule has 24 heavy (non-hydrogen) atoms. The van der Waals surface area contributed by atoms with Gasteiger partial charge in [0.1, 0.15) is 0 Å². The molecule has 0 aromatic heterocycles. The van der Waals surface area contributed by atoms with E-state index in [4.69, 9.17) is 11.6 Å². The van der Waals surface area contributed by atoms with Crippen molar-refractivity contribution in [3.63, 3.8) is 0 Å². The summed E-state index contributed by atoms with van der Waals surface area (Å²) in [6.07, 6.45) is 0. The second-order valence-electron chi connectivity index (χ2n) is 5.26. The molecule has 128 valence electrons. The summed E-state index contributed by atoms with van der Waals surface area (Å²) < 4.78 is 26.3. The van der Waals surface area contributed by atoms with Crippen LogP contribution in [0.3, 0.4) is 0 Å². The third kappa shape index (κ3) is 4.35. The second kappa shape index (κ2) is 7.79. The van der Waals surface area contributed by atoms with E-state index < -0.39 is 15.9 Å². The number of carbonyl (C=O) groups excluding carboxylic acids is 1. The first-order valence-corrected chi connectivity index (χ1v) is 9.27. The van der Waals surface area contributed by atoms with Gasteiger partial charge < -0.3 is 5.32 Å². The van der Waals surface area contributed by atoms with Crippen molar-refractivity contribution in [1.82, 2.24) is 4.31 Å². The number of carbonyl (C=O) groups is 1. The predicted octanol–water partition coefficient (Wildman–Crippen LogP) is 3.30. The maximum absolute atomic E-state index is 12.6. The van der Waals surface area contributed by atoms with Crippen LogP contribution in [0.25, 0.3) is 0 Å². The van der Waals surface area contributed by atoms with Gasteiger partial charge in [-0.15, -0.1) is 0 Å². The van der Waals surface area contributed by atoms with E-state index in [-0.39, 0.29) is 18.0 Å². The Balaban J connectivity index is 2.12. The van der Waals surface area contributed by atoms with Crippen molar-refractivity contribution in [1.29, 1.82) is 0 Å². The molecule has 5 nitrogen and oxygen atoms in total. The largest absolute Gasteiger partial charge is 0.325 e. The van der Waals surface area contributed by atoms with Crippen LogP contribution in [0.5, 0.6) is 0 Å². The zero-order chi connectivity index (χ0) is 17.7. The molecular weight excluding hydrogens is 348 g/mol. The lowest BCUT2D eigenvalue weighted by Gasteiger charge is -2.20. The van der Waals surface area contributed by atoms with Crippen LogP contribution in [-0.4, -0.2) is 31.7 Å². The molecule has 0 fully saturated rings. The van der Waals surface area contributed by atoms with Crippen LogP contribution in [0, 0.1) is 6.92 Å². The molecule has 1 N–H and O–H groups in total. The average Bonchev–Trinajstić information content (AvgIpc) is 2.56. The van der Waals surface area contributed by atoms with Gasteiger partial charge in [0, 0.05) is 17.3 Å². The molecule has 0 aliphatic heterocycles. The number of benzene rings is 2. The predicted molar refractivity (Wildman–Crippen MR) is 95.7 cm³/mol. The summed E-state index contributed by atoms with van der Waals surface area (Å²) in [6.45, 7) is 3.48. The maximum Gasteiger partial charge on any atom is 0.243 e. The molecule has 7 heteroatoms. The minimum Gasteiger partial charge on any atom is -0.325 e. The van der Waals surface area contributed by atoms with E-state index in [0.717, 1.165) is 9.87 Å². The fourth-order valence-corrected chi connectivity index (χ4v) is 3.75. The molecule has 2 aromatic carbocycles. The summed E-state index contributed by atoms with van der Waals surface area (Å²) in [7, 11) is -3.71. The first kappa shape index (κ1) is 18.4. The molecule has 2 aromatic rings. The Bertz CT molecular complexity index is 823. The van der Waals surface area contributed by atoms with Gasteiger partial charge in [-0.25, -0.2) is 8.42 Å². The highest BCUT2D eigenvalue weighted by molar-refractivity contribution is 7.89. The van der Waals surface area contributed by atoms with Crippen LogP contribution in [0.2, 0.25) is 5.02 Å². The van der Waals surface area contributed by atoms with Gasteiger partial charge in [0.25, 0.3) is 0 Å². The summed E-state index contributed by atoms with van der Waals surface area (Å²) in [4.78, 5) is 12.4. The number of halogens is 1. The number of rotatable bonds is 6. The summed E-state index contributed by atoms with van der Waals surface area (Å²) >= 11 is 6.03. The maximum atomic E-state index is 12.6. The number of anilines is 1. The van der Waals surface area contributed by atoms with E-state index in [1.807, 2.05) is 6.92 Å². The van der Waals surface area contributed by atoms with Gasteiger partial charge in [-0.1, -0.05) is 42.8 Å². The van der Waals surface area contributed by atoms with E-state index in [1.54, 1.807) is 43.3 Å². The highest BCUT2D eigenvalue weighted by Crippen LogP contribution is 2.20. The highest BCUT2D eigenvalue weighted by atomic mass is 35.5. The van der Waals surface area contributed by atoms with Crippen LogP contribution >= 0.6 is 11.6 Å². The molecule has 0 radical (unpaired) electrons. The van der Waals surface area contributed by atoms with Gasteiger partial charge in [0.05, 0.1) is 11.4 Å². The standard InChI is InChI=1S/C17H19ClN2O3S/c1-3-20(24(22,23)15-7-5-4-6-8-15)12-17(21)19-14-10-9-13(2)16(18)11-14/h4-11H,3,12H2,1-2H3,(H,19,21). The Morgan fingerprint density at radius 2 is 1.83 bits per heavy atom. The summed E-state index contributed by atoms with van der Waals surface area (Å²) in [5, 5.41) is 3.21. The molecular formula is C17H19ClN2O3S. The SMILES string of the molecule is CCN(CC(=O)Nc1ccc(C)c(Cl)c1)S(=O)(=O)c1ccccc1. The third-order valence-corrected chi connectivity index (χ3v) is 5.85. The molecule has 0 bridgehead atoms. The first-order chi connectivity index (χ1) is 11.3. The third-order valence-electron chi connectivity index (χ3n) is 3.51. The van der Waals surface area contributed by atoms with E-state index in [9.17, 15) is 13.2 Å². The van der Waals surface area contributed by atoms with E-state index in [2.05, 4.69) is 5.32 Å². The van der Waals surface area contributed by atoms with Crippen molar-refractivity contribution in [3.05, 3.63) is 59.1 Å². The van der Waals surface area contributed by atoms with Gasteiger partial charge in [-0.2, -0.15) is 4.31 Å². The van der Waals surface area contributed by atoms with Crippen LogP contribution in [0.15, 0.2) is 53.4 Å². The van der Waals surface area contributed by atoms with Crippen LogP contribution in [0.1, 0.15) is 12.5 Å². The number of likely N-dealkylation sites (N-methyl/N-ethyl adjacent to an activating group) is 1. The minimum atomic E-state index is -3.71. The van der Waals surface area contributed by atoms with E-state index in [0.29, 0.717) is 10.7 Å². The number of amides is 1. The summed E-state index contributed by atoms with van der Waals surface area (Å²) in [5.41, 5.74) is 1.43. The van der Waals surface area contributed by atoms with E-state index >= 15 is 0 Å². The van der Waals surface area contributed by atoms with Gasteiger partial charge in [0.15, 0.2) is 0 Å². The molecule has 0 saturated carbocycles. The van der Waals surface area contributed by atoms with Gasteiger partial charge in [0.2, 0.25) is 15.9 Å². The van der Waals surface area contributed by atoms with Crippen molar-refractivity contribution in [2.45, 2.75) is 18.7 Å². The minimum absolute atomic E-state index is 0.165. The Morgan fingerprint density at radius 1 is 1.17 bits per heavy atom. The topological polar surface area (TPSA) is 66.5 Å². The Hall–Kier alpha value is -1.89. The van der Waals surface area contributed by atoms with Crippen molar-refractivity contribution in [2.75, 3.05) is 18.4 Å². The average molecular weight is 367 g/mol. The lowest BCUT2D eigenvalue weighted by Crippen LogP contribution is -2.37. The normalized spacial score (nSPS) is 11.5. The number of nitrogens with one attached hydrogen (secondary N) is 1. The lowest BCUT2D eigenvalue weighted by molar-refractivity contribution is -0.116. The number of nitrogens with zero attached hydrogens (tertiary/aromatic N) is 1. The van der Waals surface area contributed by atoms with Gasteiger partial charge in [-0.05, 0) is 36.8 Å².